The van der Waals surface area contributed by atoms with Crippen LogP contribution >= 0.6 is 31.1 Å². The average Bonchev–Trinajstić information content (AvgIpc) is 3.73. The minimum absolute atomic E-state index is 0.374. The number of hydrogen-bond donors (Lipinski definition) is 2. The van der Waals surface area contributed by atoms with Crippen LogP contribution in [0.2, 0.25) is 0 Å². The summed E-state index contributed by atoms with van der Waals surface area (Å²) in [5, 5.41) is 2.94. The first kappa shape index (κ1) is 29.9. The van der Waals surface area contributed by atoms with Crippen molar-refractivity contribution < 1.29 is 13.6 Å². The van der Waals surface area contributed by atoms with Gasteiger partial charge in [0, 0.05) is 41.9 Å². The highest BCUT2D eigenvalue weighted by Crippen LogP contribution is 2.61. The van der Waals surface area contributed by atoms with E-state index in [2.05, 4.69) is 9.97 Å². The second-order valence-corrected chi connectivity index (χ2v) is 13.9. The van der Waals surface area contributed by atoms with Crippen LogP contribution in [0, 0.1) is 0 Å². The number of rotatable bonds is 11. The summed E-state index contributed by atoms with van der Waals surface area (Å²) in [5.74, 6) is 0. The topological polar surface area (TPSA) is 92.9 Å². The highest BCUT2D eigenvalue weighted by molar-refractivity contribution is 8.11. The minimum atomic E-state index is -3.66. The Morgan fingerprint density at radius 1 is 0.614 bits per heavy atom. The lowest BCUT2D eigenvalue weighted by molar-refractivity contribution is 0.285. The summed E-state index contributed by atoms with van der Waals surface area (Å²) in [7, 11) is -0.905. The summed E-state index contributed by atoms with van der Waals surface area (Å²) in [4.78, 5) is 16.8. The van der Waals surface area contributed by atoms with Crippen molar-refractivity contribution >= 4 is 31.1 Å². The van der Waals surface area contributed by atoms with E-state index >= 15 is 0 Å². The van der Waals surface area contributed by atoms with Gasteiger partial charge in [-0.25, -0.2) is 9.97 Å². The zero-order valence-electron chi connectivity index (χ0n) is 24.0. The summed E-state index contributed by atoms with van der Waals surface area (Å²) in [5.41, 5.74) is 7.35. The Kier molecular flexibility index (Phi) is 9.31. The van der Waals surface area contributed by atoms with Crippen LogP contribution in [0.5, 0.6) is 0 Å². The normalized spacial score (nSPS) is 12.0. The smallest absolute Gasteiger partial charge is 0.332 e. The largest absolute Gasteiger partial charge is 0.368 e. The van der Waals surface area contributed by atoms with E-state index in [1.165, 1.54) is 37.7 Å². The number of hydrogen-bond acceptors (Lipinski definition) is 7. The summed E-state index contributed by atoms with van der Waals surface area (Å²) in [6.45, 7) is 0. The van der Waals surface area contributed by atoms with Crippen molar-refractivity contribution in [3.63, 3.8) is 0 Å². The fraction of sp³-hybridized carbons (Fsp3) is 0.0588. The minimum Gasteiger partial charge on any atom is -0.332 e. The molecule has 6 aromatic rings. The molecule has 0 saturated heterocycles. The standard InChI is InChI=1S/C34H29N4O3PS2/c1-40-42(39,41-2)28(44-34-37-31(26-19-11-5-12-20-26)32(38-34)27-21-13-6-14-22-27)23-43-33-35-29(24-15-7-3-8-16-24)30(36-33)25-17-9-4-10-18-25/h3-23H,1-2H3,(H,35,36)(H,37,38)/b28-23-. The molecule has 0 saturated carbocycles. The monoisotopic (exact) mass is 636 g/mol. The Hall–Kier alpha value is -4.11. The Morgan fingerprint density at radius 2 is 1.00 bits per heavy atom. The van der Waals surface area contributed by atoms with E-state index in [4.69, 9.17) is 19.0 Å². The molecule has 0 spiro atoms. The predicted octanol–water partition coefficient (Wildman–Crippen LogP) is 9.97. The highest BCUT2D eigenvalue weighted by atomic mass is 32.2. The van der Waals surface area contributed by atoms with Gasteiger partial charge in [0.2, 0.25) is 0 Å². The van der Waals surface area contributed by atoms with E-state index < -0.39 is 7.60 Å². The van der Waals surface area contributed by atoms with Crippen LogP contribution < -0.4 is 0 Å². The summed E-state index contributed by atoms with van der Waals surface area (Å²) < 4.78 is 25.1. The van der Waals surface area contributed by atoms with Crippen LogP contribution in [-0.2, 0) is 13.6 Å². The average molecular weight is 637 g/mol. The Balaban J connectivity index is 1.38. The fourth-order valence-corrected chi connectivity index (χ4v) is 8.33. The zero-order chi connectivity index (χ0) is 30.4. The van der Waals surface area contributed by atoms with Crippen LogP contribution in [0.25, 0.3) is 45.0 Å². The summed E-state index contributed by atoms with van der Waals surface area (Å²) >= 11 is 2.52. The molecule has 0 atom stereocenters. The predicted molar refractivity (Wildman–Crippen MR) is 180 cm³/mol. The van der Waals surface area contributed by atoms with E-state index in [9.17, 15) is 4.57 Å². The van der Waals surface area contributed by atoms with Crippen molar-refractivity contribution in [2.24, 2.45) is 0 Å². The molecule has 2 aromatic heterocycles. The maximum atomic E-state index is 13.8. The number of H-pyrrole nitrogens is 2. The maximum Gasteiger partial charge on any atom is 0.368 e. The first-order chi connectivity index (χ1) is 21.6. The van der Waals surface area contributed by atoms with Gasteiger partial charge in [0.1, 0.15) is 4.65 Å². The lowest BCUT2D eigenvalue weighted by Crippen LogP contribution is -1.91. The number of aromatic amines is 2. The van der Waals surface area contributed by atoms with Gasteiger partial charge in [-0.3, -0.25) is 4.57 Å². The van der Waals surface area contributed by atoms with Crippen molar-refractivity contribution in [3.05, 3.63) is 131 Å². The van der Waals surface area contributed by atoms with Crippen molar-refractivity contribution in [2.45, 2.75) is 10.3 Å². The molecule has 44 heavy (non-hydrogen) atoms. The van der Waals surface area contributed by atoms with Crippen LogP contribution in [0.3, 0.4) is 0 Å². The summed E-state index contributed by atoms with van der Waals surface area (Å²) in [6.07, 6.45) is 0. The molecule has 10 heteroatoms. The van der Waals surface area contributed by atoms with Gasteiger partial charge in [0.25, 0.3) is 0 Å². The van der Waals surface area contributed by atoms with Crippen molar-refractivity contribution in [2.75, 3.05) is 14.2 Å². The maximum absolute atomic E-state index is 13.8. The third kappa shape index (κ3) is 6.53. The molecule has 220 valence electrons. The molecule has 0 fully saturated rings. The molecule has 0 aliphatic rings. The van der Waals surface area contributed by atoms with Crippen LogP contribution in [0.4, 0.5) is 0 Å². The van der Waals surface area contributed by atoms with Gasteiger partial charge in [0.05, 0.1) is 22.8 Å². The van der Waals surface area contributed by atoms with Gasteiger partial charge >= 0.3 is 7.60 Å². The molecule has 0 bridgehead atoms. The molecule has 6 rings (SSSR count). The quantitative estimate of drug-likeness (QED) is 0.108. The van der Waals surface area contributed by atoms with Crippen molar-refractivity contribution in [1.82, 2.24) is 19.9 Å². The number of imidazole rings is 2. The number of aromatic nitrogens is 4. The first-order valence-corrected chi connectivity index (χ1v) is 17.0. The molecular formula is C34H29N4O3PS2. The van der Waals surface area contributed by atoms with Gasteiger partial charge in [-0.1, -0.05) is 133 Å². The fourth-order valence-electron chi connectivity index (χ4n) is 4.65. The SMILES string of the molecule is COP(=O)(OC)/C(=C/Sc1nc(-c2ccccc2)c(-c2ccccc2)[nH]1)Sc1nc(-c2ccccc2)c(-c2ccccc2)[nH]1. The lowest BCUT2D eigenvalue weighted by atomic mass is 10.1. The number of nitrogens with one attached hydrogen (secondary N) is 2. The molecule has 0 unspecified atom stereocenters. The molecule has 2 N–H and O–H groups in total. The Bertz CT molecular complexity index is 1790. The molecule has 0 amide bonds. The van der Waals surface area contributed by atoms with Gasteiger partial charge in [-0.15, -0.1) is 0 Å². The van der Waals surface area contributed by atoms with Gasteiger partial charge < -0.3 is 19.0 Å². The lowest BCUT2D eigenvalue weighted by Gasteiger charge is -2.15. The second-order valence-electron chi connectivity index (χ2n) is 9.53. The first-order valence-electron chi connectivity index (χ1n) is 13.8. The summed E-state index contributed by atoms with van der Waals surface area (Å²) in [6, 6.07) is 40.1. The van der Waals surface area contributed by atoms with Crippen LogP contribution in [-0.4, -0.2) is 34.2 Å². The Labute approximate surface area is 264 Å². The second kappa shape index (κ2) is 13.7. The van der Waals surface area contributed by atoms with E-state index in [0.29, 0.717) is 15.0 Å². The molecule has 0 aliphatic carbocycles. The van der Waals surface area contributed by atoms with Gasteiger partial charge in [-0.2, -0.15) is 0 Å². The van der Waals surface area contributed by atoms with Crippen LogP contribution in [0.1, 0.15) is 0 Å². The molecule has 2 heterocycles. The van der Waals surface area contributed by atoms with Crippen molar-refractivity contribution in [1.29, 1.82) is 0 Å². The van der Waals surface area contributed by atoms with Gasteiger partial charge in [0.15, 0.2) is 10.3 Å². The molecule has 0 radical (unpaired) electrons. The third-order valence-corrected chi connectivity index (χ3v) is 11.2. The van der Waals surface area contributed by atoms with Gasteiger partial charge in [-0.05, 0) is 11.8 Å². The highest BCUT2D eigenvalue weighted by Gasteiger charge is 2.31. The molecular weight excluding hydrogens is 608 g/mol. The zero-order valence-corrected chi connectivity index (χ0v) is 26.5. The van der Waals surface area contributed by atoms with E-state index in [1.54, 1.807) is 5.41 Å². The number of thioether (sulfide) groups is 2. The molecule has 7 nitrogen and oxygen atoms in total. The molecule has 0 aliphatic heterocycles. The number of benzene rings is 4. The van der Waals surface area contributed by atoms with E-state index in [-0.39, 0.29) is 0 Å². The molecule has 4 aromatic carbocycles. The number of nitrogens with zero attached hydrogens (tertiary/aromatic N) is 2. The van der Waals surface area contributed by atoms with E-state index in [0.717, 1.165) is 45.0 Å². The van der Waals surface area contributed by atoms with Crippen molar-refractivity contribution in [3.8, 4) is 45.0 Å². The van der Waals surface area contributed by atoms with Crippen LogP contribution in [0.15, 0.2) is 142 Å². The van der Waals surface area contributed by atoms with E-state index in [1.807, 2.05) is 121 Å². The third-order valence-electron chi connectivity index (χ3n) is 6.81. The Morgan fingerprint density at radius 3 is 1.43 bits per heavy atom.